The van der Waals surface area contributed by atoms with Crippen molar-refractivity contribution < 1.29 is 18.9 Å². The third-order valence-corrected chi connectivity index (χ3v) is 9.59. The Morgan fingerprint density at radius 1 is 0.510 bits per heavy atom. The quantitative estimate of drug-likeness (QED) is 0.107. The van der Waals surface area contributed by atoms with Crippen LogP contribution in [0.25, 0.3) is 49.0 Å². The SMILES string of the molecule is COCCOCCOCCOC1=CC=C(n2c3ccccc3c3cc(N(c4ccc5ccccc5c4)c4ccc5ccccc5c4)ccc32)CC1. The van der Waals surface area contributed by atoms with Crippen LogP contribution in [0, 0.1) is 0 Å². The zero-order valence-electron chi connectivity index (χ0n) is 29.0. The largest absolute Gasteiger partial charge is 0.496 e. The van der Waals surface area contributed by atoms with E-state index in [0.717, 1.165) is 35.7 Å². The van der Waals surface area contributed by atoms with Crippen LogP contribution in [0.3, 0.4) is 0 Å². The first-order chi connectivity index (χ1) is 25.3. The van der Waals surface area contributed by atoms with Gasteiger partial charge in [0.25, 0.3) is 0 Å². The van der Waals surface area contributed by atoms with Gasteiger partial charge >= 0.3 is 0 Å². The molecule has 8 rings (SSSR count). The minimum atomic E-state index is 0.524. The maximum Gasteiger partial charge on any atom is 0.111 e. The summed E-state index contributed by atoms with van der Waals surface area (Å²) >= 11 is 0. The topological polar surface area (TPSA) is 45.1 Å². The summed E-state index contributed by atoms with van der Waals surface area (Å²) in [7, 11) is 1.67. The molecular formula is C45H42N2O4. The summed E-state index contributed by atoms with van der Waals surface area (Å²) in [6, 6.07) is 46.2. The van der Waals surface area contributed by atoms with Crippen LogP contribution in [-0.4, -0.2) is 51.3 Å². The number of hydrogen-bond acceptors (Lipinski definition) is 5. The predicted octanol–water partition coefficient (Wildman–Crippen LogP) is 10.8. The smallest absolute Gasteiger partial charge is 0.111 e. The molecule has 0 saturated heterocycles. The Bertz CT molecular complexity index is 2290. The van der Waals surface area contributed by atoms with Crippen molar-refractivity contribution in [2.24, 2.45) is 0 Å². The molecule has 6 aromatic carbocycles. The number of fused-ring (bicyclic) bond motifs is 5. The fourth-order valence-electron chi connectivity index (χ4n) is 7.10. The zero-order valence-corrected chi connectivity index (χ0v) is 29.0. The van der Waals surface area contributed by atoms with E-state index < -0.39 is 0 Å². The predicted molar refractivity (Wildman–Crippen MR) is 210 cm³/mol. The van der Waals surface area contributed by atoms with E-state index in [9.17, 15) is 0 Å². The summed E-state index contributed by atoms with van der Waals surface area (Å²) in [4.78, 5) is 2.38. The number of methoxy groups -OCH3 is 1. The molecule has 0 spiro atoms. The molecular weight excluding hydrogens is 633 g/mol. The highest BCUT2D eigenvalue weighted by Gasteiger charge is 2.20. The second-order valence-corrected chi connectivity index (χ2v) is 12.8. The average Bonchev–Trinajstić information content (AvgIpc) is 3.51. The molecule has 0 amide bonds. The molecule has 1 aromatic heterocycles. The van der Waals surface area contributed by atoms with Gasteiger partial charge in [0.15, 0.2) is 0 Å². The molecule has 51 heavy (non-hydrogen) atoms. The Morgan fingerprint density at radius 3 is 1.75 bits per heavy atom. The first-order valence-corrected chi connectivity index (χ1v) is 17.8. The summed E-state index contributed by atoms with van der Waals surface area (Å²) < 4.78 is 24.6. The molecule has 0 saturated carbocycles. The van der Waals surface area contributed by atoms with Gasteiger partial charge in [0.2, 0.25) is 0 Å². The van der Waals surface area contributed by atoms with Crippen LogP contribution in [0.4, 0.5) is 17.1 Å². The van der Waals surface area contributed by atoms with Crippen molar-refractivity contribution in [1.82, 2.24) is 4.57 Å². The maximum atomic E-state index is 6.06. The monoisotopic (exact) mass is 674 g/mol. The van der Waals surface area contributed by atoms with E-state index in [-0.39, 0.29) is 0 Å². The minimum absolute atomic E-state index is 0.524. The Labute approximate surface area is 298 Å². The van der Waals surface area contributed by atoms with E-state index >= 15 is 0 Å². The number of nitrogens with zero attached hydrogens (tertiary/aromatic N) is 2. The van der Waals surface area contributed by atoms with E-state index in [0.29, 0.717) is 39.6 Å². The highest BCUT2D eigenvalue weighted by atomic mass is 16.6. The van der Waals surface area contributed by atoms with Gasteiger partial charge < -0.3 is 28.4 Å². The normalized spacial score (nSPS) is 13.2. The number of rotatable bonds is 14. The van der Waals surface area contributed by atoms with Crippen molar-refractivity contribution in [2.45, 2.75) is 12.8 Å². The van der Waals surface area contributed by atoms with Gasteiger partial charge in [-0.2, -0.15) is 0 Å². The van der Waals surface area contributed by atoms with Crippen LogP contribution in [0.5, 0.6) is 0 Å². The molecule has 6 nitrogen and oxygen atoms in total. The van der Waals surface area contributed by atoms with Gasteiger partial charge in [0, 0.05) is 47.1 Å². The fraction of sp³-hybridized carbons (Fsp3) is 0.200. The molecule has 1 heterocycles. The summed E-state index contributed by atoms with van der Waals surface area (Å²) in [5.74, 6) is 0.989. The number of allylic oxidation sites excluding steroid dienone is 4. The van der Waals surface area contributed by atoms with Crippen LogP contribution >= 0.6 is 0 Å². The number of benzene rings is 6. The summed E-state index contributed by atoms with van der Waals surface area (Å²) in [6.07, 6.45) is 6.05. The van der Waals surface area contributed by atoms with Gasteiger partial charge in [-0.05, 0) is 88.6 Å². The molecule has 0 aliphatic heterocycles. The van der Waals surface area contributed by atoms with Crippen LogP contribution in [0.15, 0.2) is 145 Å². The molecule has 1 aliphatic carbocycles. The van der Waals surface area contributed by atoms with Gasteiger partial charge in [0.05, 0.1) is 49.8 Å². The summed E-state index contributed by atoms with van der Waals surface area (Å²) in [6.45, 7) is 3.35. The third-order valence-electron chi connectivity index (χ3n) is 9.59. The standard InChI is InChI=1S/C45H42N2O4/c1-48-24-25-49-26-27-50-28-29-51-41-21-18-37(19-22-41)47-44-13-7-6-12-42(44)43-32-40(20-23-45(43)47)46(38-16-14-33-8-2-4-10-35(33)30-38)39-17-15-34-9-3-5-11-36(34)31-39/h2-18,20-21,23,30-32H,19,22,24-29H2,1H3. The van der Waals surface area contributed by atoms with Crippen LogP contribution < -0.4 is 4.90 Å². The number of hydrogen-bond donors (Lipinski definition) is 0. The number of anilines is 3. The van der Waals surface area contributed by atoms with Crippen molar-refractivity contribution in [3.05, 3.63) is 145 Å². The van der Waals surface area contributed by atoms with Gasteiger partial charge in [-0.15, -0.1) is 0 Å². The van der Waals surface area contributed by atoms with E-state index in [2.05, 4.69) is 149 Å². The number of para-hydroxylation sites is 1. The summed E-state index contributed by atoms with van der Waals surface area (Å²) in [5, 5.41) is 7.36. The Balaban J connectivity index is 1.11. The first-order valence-electron chi connectivity index (χ1n) is 17.8. The minimum Gasteiger partial charge on any atom is -0.496 e. The third kappa shape index (κ3) is 6.99. The van der Waals surface area contributed by atoms with Crippen molar-refractivity contribution in [1.29, 1.82) is 0 Å². The Morgan fingerprint density at radius 2 is 1.08 bits per heavy atom. The molecule has 0 radical (unpaired) electrons. The van der Waals surface area contributed by atoms with Gasteiger partial charge in [-0.25, -0.2) is 0 Å². The molecule has 0 fully saturated rings. The average molecular weight is 675 g/mol. The molecule has 0 atom stereocenters. The fourth-order valence-corrected chi connectivity index (χ4v) is 7.10. The van der Waals surface area contributed by atoms with E-state index in [1.54, 1.807) is 7.11 Å². The van der Waals surface area contributed by atoms with Crippen molar-refractivity contribution >= 4 is 66.1 Å². The van der Waals surface area contributed by atoms with Crippen molar-refractivity contribution in [3.8, 4) is 0 Å². The van der Waals surface area contributed by atoms with Gasteiger partial charge in [-0.3, -0.25) is 0 Å². The Hall–Kier alpha value is -5.40. The molecule has 256 valence electrons. The lowest BCUT2D eigenvalue weighted by molar-refractivity contribution is 0.0115. The highest BCUT2D eigenvalue weighted by Crippen LogP contribution is 2.41. The summed E-state index contributed by atoms with van der Waals surface area (Å²) in [5.41, 5.74) is 7.03. The van der Waals surface area contributed by atoms with Crippen molar-refractivity contribution in [3.63, 3.8) is 0 Å². The lowest BCUT2D eigenvalue weighted by atomic mass is 10.1. The van der Waals surface area contributed by atoms with Crippen LogP contribution in [-0.2, 0) is 18.9 Å². The molecule has 7 aromatic rings. The van der Waals surface area contributed by atoms with E-state index in [4.69, 9.17) is 18.9 Å². The molecule has 0 N–H and O–H groups in total. The van der Waals surface area contributed by atoms with E-state index in [1.165, 1.54) is 49.0 Å². The molecule has 6 heteroatoms. The van der Waals surface area contributed by atoms with Crippen LogP contribution in [0.2, 0.25) is 0 Å². The number of ether oxygens (including phenoxy) is 4. The number of aromatic nitrogens is 1. The molecule has 0 unspecified atom stereocenters. The maximum absolute atomic E-state index is 6.06. The molecule has 1 aliphatic rings. The Kier molecular flexibility index (Phi) is 9.79. The lowest BCUT2D eigenvalue weighted by Gasteiger charge is -2.26. The second kappa shape index (κ2) is 15.2. The van der Waals surface area contributed by atoms with Gasteiger partial charge in [0.1, 0.15) is 6.61 Å². The lowest BCUT2D eigenvalue weighted by Crippen LogP contribution is -2.11. The second-order valence-electron chi connectivity index (χ2n) is 12.8. The highest BCUT2D eigenvalue weighted by molar-refractivity contribution is 6.11. The zero-order chi connectivity index (χ0) is 34.4. The van der Waals surface area contributed by atoms with Crippen molar-refractivity contribution in [2.75, 3.05) is 51.7 Å². The molecule has 0 bridgehead atoms. The first kappa shape index (κ1) is 32.8. The van der Waals surface area contributed by atoms with Gasteiger partial charge in [-0.1, -0.05) is 78.9 Å². The van der Waals surface area contributed by atoms with Crippen LogP contribution in [0.1, 0.15) is 12.8 Å². The van der Waals surface area contributed by atoms with E-state index in [1.807, 2.05) is 0 Å².